The van der Waals surface area contributed by atoms with E-state index in [-0.39, 0.29) is 0 Å². The molecule has 1 aliphatic carbocycles. The van der Waals surface area contributed by atoms with Gasteiger partial charge in [-0.25, -0.2) is 0 Å². The lowest BCUT2D eigenvalue weighted by atomic mass is 9.82. The Morgan fingerprint density at radius 1 is 1.15 bits per heavy atom. The summed E-state index contributed by atoms with van der Waals surface area (Å²) in [5.41, 5.74) is 1.41. The summed E-state index contributed by atoms with van der Waals surface area (Å²) in [7, 11) is 0. The molecule has 1 saturated carbocycles. The molecule has 0 aliphatic heterocycles. The van der Waals surface area contributed by atoms with E-state index in [9.17, 15) is 0 Å². The van der Waals surface area contributed by atoms with Crippen LogP contribution in [0.3, 0.4) is 0 Å². The molecule has 1 aromatic rings. The highest BCUT2D eigenvalue weighted by Gasteiger charge is 2.23. The molecule has 0 radical (unpaired) electrons. The van der Waals surface area contributed by atoms with Crippen molar-refractivity contribution in [1.82, 2.24) is 5.32 Å². The van der Waals surface area contributed by atoms with Crippen LogP contribution in [0.1, 0.15) is 64.0 Å². The fourth-order valence-electron chi connectivity index (χ4n) is 3.43. The van der Waals surface area contributed by atoms with Crippen LogP contribution in [0, 0.1) is 5.92 Å². The molecule has 0 aromatic heterocycles. The van der Waals surface area contributed by atoms with Gasteiger partial charge in [-0.1, -0.05) is 38.3 Å². The molecule has 20 heavy (non-hydrogen) atoms. The summed E-state index contributed by atoms with van der Waals surface area (Å²) >= 11 is 1.81. The zero-order chi connectivity index (χ0) is 14.4. The lowest BCUT2D eigenvalue weighted by Gasteiger charge is -2.32. The number of hydrogen-bond acceptors (Lipinski definition) is 2. The summed E-state index contributed by atoms with van der Waals surface area (Å²) in [5, 5.41) is 3.88. The third kappa shape index (κ3) is 4.26. The highest BCUT2D eigenvalue weighted by Crippen LogP contribution is 2.29. The number of hydrogen-bond donors (Lipinski definition) is 1. The Morgan fingerprint density at radius 2 is 1.80 bits per heavy atom. The molecule has 0 bridgehead atoms. The van der Waals surface area contributed by atoms with Crippen molar-refractivity contribution < 1.29 is 0 Å². The SMILES string of the molecule is CCC(NC(C)c1ccc(SC)cc1)C1CCCCC1. The van der Waals surface area contributed by atoms with Crippen LogP contribution in [0.15, 0.2) is 29.2 Å². The molecule has 1 aromatic carbocycles. The second-order valence-corrected chi connectivity index (χ2v) is 6.95. The summed E-state index contributed by atoms with van der Waals surface area (Å²) in [5.74, 6) is 0.890. The second-order valence-electron chi connectivity index (χ2n) is 6.07. The predicted octanol–water partition coefficient (Wildman–Crippen LogP) is 5.42. The smallest absolute Gasteiger partial charge is 0.0294 e. The van der Waals surface area contributed by atoms with Crippen LogP contribution in [-0.2, 0) is 0 Å². The molecule has 1 fully saturated rings. The van der Waals surface area contributed by atoms with Gasteiger partial charge in [-0.05, 0) is 56.1 Å². The van der Waals surface area contributed by atoms with E-state index < -0.39 is 0 Å². The van der Waals surface area contributed by atoms with Crippen molar-refractivity contribution in [1.29, 1.82) is 0 Å². The molecule has 0 amide bonds. The van der Waals surface area contributed by atoms with E-state index in [1.807, 2.05) is 11.8 Å². The van der Waals surface area contributed by atoms with E-state index in [0.717, 1.165) is 5.92 Å². The minimum absolute atomic E-state index is 0.456. The van der Waals surface area contributed by atoms with Crippen LogP contribution in [0.5, 0.6) is 0 Å². The minimum atomic E-state index is 0.456. The summed E-state index contributed by atoms with van der Waals surface area (Å²) in [4.78, 5) is 1.35. The first kappa shape index (κ1) is 15.9. The third-order valence-electron chi connectivity index (χ3n) is 4.74. The molecule has 0 heterocycles. The van der Waals surface area contributed by atoms with Crippen molar-refractivity contribution in [3.05, 3.63) is 29.8 Å². The third-order valence-corrected chi connectivity index (χ3v) is 5.48. The molecule has 112 valence electrons. The molecule has 0 spiro atoms. The average Bonchev–Trinajstić information content (AvgIpc) is 2.53. The Kier molecular flexibility index (Phi) is 6.44. The molecular formula is C18H29NS. The average molecular weight is 292 g/mol. The van der Waals surface area contributed by atoms with E-state index in [1.165, 1.54) is 49.0 Å². The quantitative estimate of drug-likeness (QED) is 0.702. The van der Waals surface area contributed by atoms with Crippen molar-refractivity contribution >= 4 is 11.8 Å². The molecular weight excluding hydrogens is 262 g/mol. The number of thioether (sulfide) groups is 1. The monoisotopic (exact) mass is 291 g/mol. The lowest BCUT2D eigenvalue weighted by Crippen LogP contribution is -2.38. The molecule has 1 aliphatic rings. The van der Waals surface area contributed by atoms with E-state index in [1.54, 1.807) is 0 Å². The maximum absolute atomic E-state index is 3.88. The first-order chi connectivity index (χ1) is 9.74. The van der Waals surface area contributed by atoms with Crippen molar-refractivity contribution in [2.75, 3.05) is 6.26 Å². The van der Waals surface area contributed by atoms with Crippen LogP contribution >= 0.6 is 11.8 Å². The van der Waals surface area contributed by atoms with Gasteiger partial charge in [-0.15, -0.1) is 11.8 Å². The van der Waals surface area contributed by atoms with Crippen LogP contribution < -0.4 is 5.32 Å². The Morgan fingerprint density at radius 3 is 2.35 bits per heavy atom. The number of rotatable bonds is 6. The standard InChI is InChI=1S/C18H29NS/c1-4-18(16-8-6-5-7-9-16)19-14(2)15-10-12-17(20-3)13-11-15/h10-14,16,18-19H,4-9H2,1-3H3. The van der Waals surface area contributed by atoms with Gasteiger partial charge in [-0.2, -0.15) is 0 Å². The van der Waals surface area contributed by atoms with E-state index >= 15 is 0 Å². The minimum Gasteiger partial charge on any atom is -0.307 e. The van der Waals surface area contributed by atoms with Crippen molar-refractivity contribution in [2.24, 2.45) is 5.92 Å². The van der Waals surface area contributed by atoms with Gasteiger partial charge in [-0.3, -0.25) is 0 Å². The van der Waals surface area contributed by atoms with Gasteiger partial charge in [0.15, 0.2) is 0 Å². The molecule has 0 saturated heterocycles. The Hall–Kier alpha value is -0.470. The fraction of sp³-hybridized carbons (Fsp3) is 0.667. The number of nitrogens with one attached hydrogen (secondary N) is 1. The topological polar surface area (TPSA) is 12.0 Å². The molecule has 2 heteroatoms. The highest BCUT2D eigenvalue weighted by molar-refractivity contribution is 7.98. The van der Waals surface area contributed by atoms with Gasteiger partial charge in [0.25, 0.3) is 0 Å². The van der Waals surface area contributed by atoms with Gasteiger partial charge in [0, 0.05) is 17.0 Å². The summed E-state index contributed by atoms with van der Waals surface area (Å²) < 4.78 is 0. The lowest BCUT2D eigenvalue weighted by molar-refractivity contribution is 0.249. The molecule has 2 unspecified atom stereocenters. The zero-order valence-corrected chi connectivity index (χ0v) is 14.0. The highest BCUT2D eigenvalue weighted by atomic mass is 32.2. The van der Waals surface area contributed by atoms with Crippen molar-refractivity contribution in [3.8, 4) is 0 Å². The summed E-state index contributed by atoms with van der Waals surface area (Å²) in [6.07, 6.45) is 10.5. The fourth-order valence-corrected chi connectivity index (χ4v) is 3.84. The first-order valence-corrected chi connectivity index (χ1v) is 9.37. The van der Waals surface area contributed by atoms with Crippen molar-refractivity contribution in [2.45, 2.75) is 69.4 Å². The van der Waals surface area contributed by atoms with Crippen LogP contribution in [-0.4, -0.2) is 12.3 Å². The Bertz CT molecular complexity index is 381. The van der Waals surface area contributed by atoms with Crippen LogP contribution in [0.4, 0.5) is 0 Å². The number of benzene rings is 1. The summed E-state index contributed by atoms with van der Waals surface area (Å²) in [6, 6.07) is 10.2. The van der Waals surface area contributed by atoms with E-state index in [4.69, 9.17) is 0 Å². The largest absolute Gasteiger partial charge is 0.307 e. The van der Waals surface area contributed by atoms with E-state index in [0.29, 0.717) is 12.1 Å². The predicted molar refractivity (Wildman–Crippen MR) is 90.4 cm³/mol. The Balaban J connectivity index is 1.94. The van der Waals surface area contributed by atoms with E-state index in [2.05, 4.69) is 49.7 Å². The van der Waals surface area contributed by atoms with Gasteiger partial charge in [0.1, 0.15) is 0 Å². The maximum atomic E-state index is 3.88. The second kappa shape index (κ2) is 8.09. The van der Waals surface area contributed by atoms with Gasteiger partial charge < -0.3 is 5.32 Å². The molecule has 2 atom stereocenters. The zero-order valence-electron chi connectivity index (χ0n) is 13.2. The molecule has 1 nitrogen and oxygen atoms in total. The van der Waals surface area contributed by atoms with Gasteiger partial charge in [0.2, 0.25) is 0 Å². The normalized spacial score (nSPS) is 19.8. The summed E-state index contributed by atoms with van der Waals surface area (Å²) in [6.45, 7) is 4.63. The van der Waals surface area contributed by atoms with Crippen molar-refractivity contribution in [3.63, 3.8) is 0 Å². The molecule has 1 N–H and O–H groups in total. The maximum Gasteiger partial charge on any atom is 0.0294 e. The van der Waals surface area contributed by atoms with Crippen LogP contribution in [0.25, 0.3) is 0 Å². The molecule has 2 rings (SSSR count). The van der Waals surface area contributed by atoms with Gasteiger partial charge in [0.05, 0.1) is 0 Å². The van der Waals surface area contributed by atoms with Gasteiger partial charge >= 0.3 is 0 Å². The first-order valence-electron chi connectivity index (χ1n) is 8.14. The Labute approximate surface area is 128 Å². The van der Waals surface area contributed by atoms with Crippen LogP contribution in [0.2, 0.25) is 0 Å².